The second-order valence-electron chi connectivity index (χ2n) is 5.25. The van der Waals surface area contributed by atoms with E-state index in [1.54, 1.807) is 18.7 Å². The Morgan fingerprint density at radius 2 is 1.70 bits per heavy atom. The predicted octanol–water partition coefficient (Wildman–Crippen LogP) is 1.92. The Morgan fingerprint density at radius 1 is 1.04 bits per heavy atom. The van der Waals surface area contributed by atoms with E-state index in [1.807, 2.05) is 24.3 Å². The fourth-order valence-electron chi connectivity index (χ4n) is 2.42. The van der Waals surface area contributed by atoms with Crippen LogP contribution in [0.15, 0.2) is 39.0 Å². The number of imidazole rings is 1. The maximum Gasteiger partial charge on any atom is 0.332 e. The zero-order chi connectivity index (χ0) is 16.7. The van der Waals surface area contributed by atoms with Crippen LogP contribution in [0.4, 0.5) is 0 Å². The molecular weight excluding hydrogens is 336 g/mol. The van der Waals surface area contributed by atoms with Gasteiger partial charge in [-0.3, -0.25) is 13.9 Å². The summed E-state index contributed by atoms with van der Waals surface area (Å²) in [5.74, 6) is 0.697. The minimum absolute atomic E-state index is 0.302. The smallest absolute Gasteiger partial charge is 0.308 e. The summed E-state index contributed by atoms with van der Waals surface area (Å²) in [5.41, 5.74) is 1.19. The second kappa shape index (κ2) is 5.90. The van der Waals surface area contributed by atoms with Crippen molar-refractivity contribution < 1.29 is 0 Å². The number of halogens is 1. The van der Waals surface area contributed by atoms with Crippen LogP contribution in [0.3, 0.4) is 0 Å². The standard InChI is InChI=1S/C15H15ClN4O2S/c1-18-12-11(13(21)20(3)15(22)19(12)2)17-14(18)23-8-9-4-6-10(16)7-5-9/h4-7H,8H2,1-3H3. The van der Waals surface area contributed by atoms with Crippen LogP contribution in [0.2, 0.25) is 5.02 Å². The summed E-state index contributed by atoms with van der Waals surface area (Å²) in [4.78, 5) is 28.7. The first-order valence-electron chi connectivity index (χ1n) is 6.90. The molecule has 0 bridgehead atoms. The number of hydrogen-bond acceptors (Lipinski definition) is 4. The van der Waals surface area contributed by atoms with Crippen molar-refractivity contribution in [2.45, 2.75) is 10.9 Å². The molecule has 0 unspecified atom stereocenters. The zero-order valence-electron chi connectivity index (χ0n) is 12.9. The van der Waals surface area contributed by atoms with E-state index in [0.29, 0.717) is 27.1 Å². The molecule has 8 heteroatoms. The maximum atomic E-state index is 12.2. The third-order valence-corrected chi connectivity index (χ3v) is 5.06. The van der Waals surface area contributed by atoms with Gasteiger partial charge in [0.2, 0.25) is 0 Å². The highest BCUT2D eigenvalue weighted by Crippen LogP contribution is 2.24. The van der Waals surface area contributed by atoms with Crippen molar-refractivity contribution in [3.05, 3.63) is 55.7 Å². The minimum Gasteiger partial charge on any atom is -0.308 e. The van der Waals surface area contributed by atoms with Gasteiger partial charge in [0.1, 0.15) is 0 Å². The van der Waals surface area contributed by atoms with Gasteiger partial charge in [-0.15, -0.1) is 0 Å². The highest BCUT2D eigenvalue weighted by Gasteiger charge is 2.17. The van der Waals surface area contributed by atoms with Crippen molar-refractivity contribution in [2.75, 3.05) is 0 Å². The van der Waals surface area contributed by atoms with Crippen LogP contribution < -0.4 is 11.2 Å². The molecule has 0 aliphatic carbocycles. The summed E-state index contributed by atoms with van der Waals surface area (Å²) in [5, 5.41) is 1.38. The van der Waals surface area contributed by atoms with Crippen molar-refractivity contribution in [3.8, 4) is 0 Å². The van der Waals surface area contributed by atoms with E-state index >= 15 is 0 Å². The Morgan fingerprint density at radius 3 is 2.35 bits per heavy atom. The Bertz CT molecular complexity index is 1000. The number of rotatable bonds is 3. The lowest BCUT2D eigenvalue weighted by atomic mass is 10.2. The van der Waals surface area contributed by atoms with Gasteiger partial charge in [0.05, 0.1) is 0 Å². The van der Waals surface area contributed by atoms with Gasteiger partial charge in [0, 0.05) is 31.9 Å². The van der Waals surface area contributed by atoms with E-state index in [2.05, 4.69) is 4.98 Å². The van der Waals surface area contributed by atoms with E-state index in [0.717, 1.165) is 10.1 Å². The van der Waals surface area contributed by atoms with Gasteiger partial charge in [-0.05, 0) is 17.7 Å². The number of thioether (sulfide) groups is 1. The average Bonchev–Trinajstić information content (AvgIpc) is 2.87. The van der Waals surface area contributed by atoms with Gasteiger partial charge < -0.3 is 4.57 Å². The second-order valence-corrected chi connectivity index (χ2v) is 6.63. The average molecular weight is 351 g/mol. The molecule has 0 spiro atoms. The molecular formula is C15H15ClN4O2S. The molecule has 0 amide bonds. The molecule has 0 saturated heterocycles. The van der Waals surface area contributed by atoms with Crippen LogP contribution in [-0.2, 0) is 26.9 Å². The van der Waals surface area contributed by atoms with Crippen molar-refractivity contribution >= 4 is 34.5 Å². The minimum atomic E-state index is -0.378. The molecule has 6 nitrogen and oxygen atoms in total. The molecule has 0 fully saturated rings. The molecule has 23 heavy (non-hydrogen) atoms. The van der Waals surface area contributed by atoms with Crippen LogP contribution in [0, 0.1) is 0 Å². The number of benzene rings is 1. The van der Waals surface area contributed by atoms with Gasteiger partial charge in [-0.1, -0.05) is 35.5 Å². The molecule has 0 N–H and O–H groups in total. The molecule has 0 aliphatic rings. The molecule has 2 aromatic heterocycles. The Balaban J connectivity index is 2.02. The first-order valence-corrected chi connectivity index (χ1v) is 8.26. The number of aryl methyl sites for hydroxylation is 2. The fraction of sp³-hybridized carbons (Fsp3) is 0.267. The summed E-state index contributed by atoms with van der Waals surface area (Å²) < 4.78 is 4.29. The first-order chi connectivity index (χ1) is 10.9. The van der Waals surface area contributed by atoms with Crippen LogP contribution in [0.25, 0.3) is 11.2 Å². The van der Waals surface area contributed by atoms with Gasteiger partial charge in [0.15, 0.2) is 16.3 Å². The van der Waals surface area contributed by atoms with Crippen LogP contribution in [0.1, 0.15) is 5.56 Å². The highest BCUT2D eigenvalue weighted by atomic mass is 35.5. The molecule has 0 aliphatic heterocycles. The number of aromatic nitrogens is 4. The lowest BCUT2D eigenvalue weighted by Crippen LogP contribution is -2.37. The highest BCUT2D eigenvalue weighted by molar-refractivity contribution is 7.98. The van der Waals surface area contributed by atoms with E-state index in [4.69, 9.17) is 11.6 Å². The third kappa shape index (κ3) is 2.70. The predicted molar refractivity (Wildman–Crippen MR) is 92.2 cm³/mol. The molecule has 1 aromatic carbocycles. The van der Waals surface area contributed by atoms with E-state index < -0.39 is 0 Å². The van der Waals surface area contributed by atoms with Crippen LogP contribution >= 0.6 is 23.4 Å². The van der Waals surface area contributed by atoms with Crippen molar-refractivity contribution in [2.24, 2.45) is 21.1 Å². The molecule has 0 saturated carbocycles. The maximum absolute atomic E-state index is 12.2. The molecule has 0 radical (unpaired) electrons. The molecule has 120 valence electrons. The Labute approximate surface area is 141 Å². The normalized spacial score (nSPS) is 11.3. The van der Waals surface area contributed by atoms with E-state index in [-0.39, 0.29) is 11.2 Å². The van der Waals surface area contributed by atoms with Gasteiger partial charge in [-0.2, -0.15) is 0 Å². The Hall–Kier alpha value is -1.99. The summed E-state index contributed by atoms with van der Waals surface area (Å²) in [6, 6.07) is 7.58. The lowest BCUT2D eigenvalue weighted by molar-refractivity contribution is 0.690. The fourth-order valence-corrected chi connectivity index (χ4v) is 3.47. The van der Waals surface area contributed by atoms with Crippen LogP contribution in [0.5, 0.6) is 0 Å². The lowest BCUT2D eigenvalue weighted by Gasteiger charge is -2.06. The van der Waals surface area contributed by atoms with Crippen molar-refractivity contribution in [1.29, 1.82) is 0 Å². The van der Waals surface area contributed by atoms with Crippen molar-refractivity contribution in [3.63, 3.8) is 0 Å². The van der Waals surface area contributed by atoms with Gasteiger partial charge >= 0.3 is 5.69 Å². The molecule has 3 rings (SSSR count). The summed E-state index contributed by atoms with van der Waals surface area (Å²) in [6.07, 6.45) is 0. The molecule has 2 heterocycles. The SMILES string of the molecule is Cn1c(=O)c2nc(SCc3ccc(Cl)cc3)n(C)c2n(C)c1=O. The molecule has 3 aromatic rings. The summed E-state index contributed by atoms with van der Waals surface area (Å²) >= 11 is 7.39. The number of nitrogens with zero attached hydrogens (tertiary/aromatic N) is 4. The zero-order valence-corrected chi connectivity index (χ0v) is 14.5. The van der Waals surface area contributed by atoms with E-state index in [9.17, 15) is 9.59 Å². The van der Waals surface area contributed by atoms with Gasteiger partial charge in [-0.25, -0.2) is 9.78 Å². The molecule has 0 atom stereocenters. The third-order valence-electron chi connectivity index (χ3n) is 3.70. The largest absolute Gasteiger partial charge is 0.332 e. The number of hydrogen-bond donors (Lipinski definition) is 0. The summed E-state index contributed by atoms with van der Waals surface area (Å²) in [6.45, 7) is 0. The monoisotopic (exact) mass is 350 g/mol. The first kappa shape index (κ1) is 15.9. The summed E-state index contributed by atoms with van der Waals surface area (Å²) in [7, 11) is 4.90. The number of fused-ring (bicyclic) bond motifs is 1. The van der Waals surface area contributed by atoms with Crippen molar-refractivity contribution in [1.82, 2.24) is 18.7 Å². The van der Waals surface area contributed by atoms with Gasteiger partial charge in [0.25, 0.3) is 5.56 Å². The topological polar surface area (TPSA) is 61.8 Å². The van der Waals surface area contributed by atoms with E-state index in [1.165, 1.54) is 23.4 Å². The van der Waals surface area contributed by atoms with Crippen LogP contribution in [-0.4, -0.2) is 18.7 Å². The Kier molecular flexibility index (Phi) is 4.08. The quantitative estimate of drug-likeness (QED) is 0.677.